The SMILES string of the molecule is CSc1ccc(/C=C/C(=O)OCc2nc(-c3ccccc3C)no2)cc1. The molecule has 0 N–H and O–H groups in total. The molecule has 1 aromatic heterocycles. The Morgan fingerprint density at radius 1 is 1.19 bits per heavy atom. The minimum absolute atomic E-state index is 0.0620. The second-order valence-corrected chi connectivity index (χ2v) is 6.42. The van der Waals surface area contributed by atoms with Crippen molar-refractivity contribution in [3.05, 3.63) is 71.6 Å². The molecule has 0 saturated heterocycles. The fourth-order valence-corrected chi connectivity index (χ4v) is 2.72. The van der Waals surface area contributed by atoms with E-state index in [9.17, 15) is 4.79 Å². The average Bonchev–Trinajstić information content (AvgIpc) is 3.14. The molecule has 2 aromatic carbocycles. The minimum atomic E-state index is -0.463. The van der Waals surface area contributed by atoms with Crippen molar-refractivity contribution in [1.82, 2.24) is 10.1 Å². The summed E-state index contributed by atoms with van der Waals surface area (Å²) in [5.74, 6) is 0.280. The molecule has 0 amide bonds. The first kappa shape index (κ1) is 17.9. The Bertz CT molecular complexity index is 917. The van der Waals surface area contributed by atoms with Gasteiger partial charge in [-0.1, -0.05) is 41.6 Å². The van der Waals surface area contributed by atoms with E-state index in [0.29, 0.717) is 5.82 Å². The van der Waals surface area contributed by atoms with E-state index in [1.54, 1.807) is 17.8 Å². The van der Waals surface area contributed by atoms with Crippen molar-refractivity contribution in [1.29, 1.82) is 0 Å². The fourth-order valence-electron chi connectivity index (χ4n) is 2.31. The van der Waals surface area contributed by atoms with Crippen molar-refractivity contribution >= 4 is 23.8 Å². The van der Waals surface area contributed by atoms with Crippen molar-refractivity contribution < 1.29 is 14.1 Å². The van der Waals surface area contributed by atoms with Crippen LogP contribution >= 0.6 is 11.8 Å². The first-order valence-corrected chi connectivity index (χ1v) is 9.25. The lowest BCUT2D eigenvalue weighted by Crippen LogP contribution is -2.01. The highest BCUT2D eigenvalue weighted by atomic mass is 32.2. The highest BCUT2D eigenvalue weighted by molar-refractivity contribution is 7.98. The molecule has 132 valence electrons. The first-order valence-electron chi connectivity index (χ1n) is 8.03. The molecule has 0 atom stereocenters. The largest absolute Gasteiger partial charge is 0.452 e. The van der Waals surface area contributed by atoms with E-state index in [4.69, 9.17) is 9.26 Å². The monoisotopic (exact) mass is 366 g/mol. The number of esters is 1. The quantitative estimate of drug-likeness (QED) is 0.363. The summed E-state index contributed by atoms with van der Waals surface area (Å²) in [4.78, 5) is 17.3. The third-order valence-corrected chi connectivity index (χ3v) is 4.46. The molecule has 0 saturated carbocycles. The molecule has 26 heavy (non-hydrogen) atoms. The van der Waals surface area contributed by atoms with Gasteiger partial charge in [-0.2, -0.15) is 4.98 Å². The minimum Gasteiger partial charge on any atom is -0.452 e. The smallest absolute Gasteiger partial charge is 0.331 e. The van der Waals surface area contributed by atoms with Gasteiger partial charge in [0.2, 0.25) is 5.82 Å². The Labute approximate surface area is 156 Å². The summed E-state index contributed by atoms with van der Waals surface area (Å²) in [6.07, 6.45) is 5.11. The van der Waals surface area contributed by atoms with Gasteiger partial charge in [0.25, 0.3) is 5.89 Å². The van der Waals surface area contributed by atoms with Gasteiger partial charge in [0, 0.05) is 16.5 Å². The third kappa shape index (κ3) is 4.61. The Morgan fingerprint density at radius 3 is 2.69 bits per heavy atom. The van der Waals surface area contributed by atoms with Crippen LogP contribution in [-0.4, -0.2) is 22.4 Å². The highest BCUT2D eigenvalue weighted by Gasteiger charge is 2.11. The van der Waals surface area contributed by atoms with Crippen LogP contribution in [0.25, 0.3) is 17.5 Å². The predicted molar refractivity (Wildman–Crippen MR) is 102 cm³/mol. The Kier molecular flexibility index (Phi) is 5.86. The van der Waals surface area contributed by atoms with E-state index < -0.39 is 5.97 Å². The van der Waals surface area contributed by atoms with E-state index in [1.807, 2.05) is 61.7 Å². The number of carbonyl (C=O) groups is 1. The molecule has 0 fully saturated rings. The second kappa shape index (κ2) is 8.49. The number of nitrogens with zero attached hydrogens (tertiary/aromatic N) is 2. The molecule has 0 bridgehead atoms. The molecule has 6 heteroatoms. The van der Waals surface area contributed by atoms with Gasteiger partial charge in [0.1, 0.15) is 0 Å². The van der Waals surface area contributed by atoms with Crippen molar-refractivity contribution in [3.8, 4) is 11.4 Å². The van der Waals surface area contributed by atoms with E-state index in [0.717, 1.165) is 16.7 Å². The Balaban J connectivity index is 1.56. The lowest BCUT2D eigenvalue weighted by Gasteiger charge is -1.99. The predicted octanol–water partition coefficient (Wildman–Crippen LogP) is 4.52. The van der Waals surface area contributed by atoms with Crippen molar-refractivity contribution in [2.75, 3.05) is 6.26 Å². The van der Waals surface area contributed by atoms with Gasteiger partial charge in [0.15, 0.2) is 6.61 Å². The molecule has 3 rings (SSSR count). The molecule has 5 nitrogen and oxygen atoms in total. The van der Waals surface area contributed by atoms with E-state index in [-0.39, 0.29) is 12.5 Å². The molecule has 0 radical (unpaired) electrons. The summed E-state index contributed by atoms with van der Waals surface area (Å²) in [6, 6.07) is 15.6. The molecule has 1 heterocycles. The van der Waals surface area contributed by atoms with Crippen LogP contribution in [0.2, 0.25) is 0 Å². The zero-order valence-corrected chi connectivity index (χ0v) is 15.3. The maximum atomic E-state index is 11.8. The lowest BCUT2D eigenvalue weighted by atomic mass is 10.1. The number of carbonyl (C=O) groups excluding carboxylic acids is 1. The summed E-state index contributed by atoms with van der Waals surface area (Å²) in [5, 5.41) is 3.94. The zero-order valence-electron chi connectivity index (χ0n) is 14.5. The first-order chi connectivity index (χ1) is 12.7. The van der Waals surface area contributed by atoms with Crippen molar-refractivity contribution in [2.24, 2.45) is 0 Å². The van der Waals surface area contributed by atoms with E-state index in [2.05, 4.69) is 10.1 Å². The number of benzene rings is 2. The fraction of sp³-hybridized carbons (Fsp3) is 0.150. The molecule has 0 spiro atoms. The average molecular weight is 366 g/mol. The van der Waals surface area contributed by atoms with Gasteiger partial charge < -0.3 is 9.26 Å². The number of aryl methyl sites for hydroxylation is 1. The van der Waals surface area contributed by atoms with Gasteiger partial charge >= 0.3 is 5.97 Å². The topological polar surface area (TPSA) is 65.2 Å². The van der Waals surface area contributed by atoms with E-state index in [1.165, 1.54) is 11.0 Å². The van der Waals surface area contributed by atoms with Gasteiger partial charge in [-0.05, 0) is 42.5 Å². The van der Waals surface area contributed by atoms with Crippen LogP contribution in [-0.2, 0) is 16.1 Å². The van der Waals surface area contributed by atoms with Crippen LogP contribution in [0, 0.1) is 6.92 Å². The van der Waals surface area contributed by atoms with Crippen LogP contribution < -0.4 is 0 Å². The second-order valence-electron chi connectivity index (χ2n) is 5.54. The van der Waals surface area contributed by atoms with Gasteiger partial charge in [-0.25, -0.2) is 4.79 Å². The van der Waals surface area contributed by atoms with Crippen LogP contribution in [0.1, 0.15) is 17.0 Å². The van der Waals surface area contributed by atoms with Crippen LogP contribution in [0.3, 0.4) is 0 Å². The maximum absolute atomic E-state index is 11.8. The zero-order chi connectivity index (χ0) is 18.4. The molecule has 3 aromatic rings. The van der Waals surface area contributed by atoms with Gasteiger partial charge in [-0.15, -0.1) is 11.8 Å². The molecule has 0 aliphatic carbocycles. The van der Waals surface area contributed by atoms with Crippen molar-refractivity contribution in [3.63, 3.8) is 0 Å². The van der Waals surface area contributed by atoms with Crippen LogP contribution in [0.5, 0.6) is 0 Å². The normalized spacial score (nSPS) is 11.0. The molecule has 0 aliphatic heterocycles. The Hall–Kier alpha value is -2.86. The summed E-state index contributed by atoms with van der Waals surface area (Å²) >= 11 is 1.67. The number of aromatic nitrogens is 2. The van der Waals surface area contributed by atoms with Gasteiger partial charge in [0.05, 0.1) is 0 Å². The van der Waals surface area contributed by atoms with Crippen LogP contribution in [0.4, 0.5) is 0 Å². The van der Waals surface area contributed by atoms with Crippen LogP contribution in [0.15, 0.2) is 64.0 Å². The third-order valence-electron chi connectivity index (χ3n) is 3.72. The maximum Gasteiger partial charge on any atom is 0.331 e. The summed E-state index contributed by atoms with van der Waals surface area (Å²) in [6.45, 7) is 1.91. The summed E-state index contributed by atoms with van der Waals surface area (Å²) in [7, 11) is 0. The number of hydrogen-bond donors (Lipinski definition) is 0. The number of ether oxygens (including phenoxy) is 1. The highest BCUT2D eigenvalue weighted by Crippen LogP contribution is 2.20. The molecular formula is C20H18N2O3S. The lowest BCUT2D eigenvalue weighted by molar-refractivity contribution is -0.139. The molecule has 0 unspecified atom stereocenters. The number of thioether (sulfide) groups is 1. The standard InChI is InChI=1S/C20H18N2O3S/c1-14-5-3-4-6-17(14)20-21-18(25-22-20)13-24-19(23)12-9-15-7-10-16(26-2)11-8-15/h3-12H,13H2,1-2H3/b12-9+. The molecular weight excluding hydrogens is 348 g/mol. The number of rotatable bonds is 6. The summed E-state index contributed by atoms with van der Waals surface area (Å²) in [5.41, 5.74) is 2.87. The Morgan fingerprint density at radius 2 is 1.96 bits per heavy atom. The summed E-state index contributed by atoms with van der Waals surface area (Å²) < 4.78 is 10.3. The van der Waals surface area contributed by atoms with E-state index >= 15 is 0 Å². The van der Waals surface area contributed by atoms with Crippen molar-refractivity contribution in [2.45, 2.75) is 18.4 Å². The number of hydrogen-bond acceptors (Lipinski definition) is 6. The molecule has 0 aliphatic rings. The van der Waals surface area contributed by atoms with Gasteiger partial charge in [-0.3, -0.25) is 0 Å².